The molecule has 3 rings (SSSR count). The van der Waals surface area contributed by atoms with E-state index in [9.17, 15) is 5.11 Å². The summed E-state index contributed by atoms with van der Waals surface area (Å²) in [5, 5.41) is 9.66. The smallest absolute Gasteiger partial charge is 0.399 e. The average Bonchev–Trinajstić information content (AvgIpc) is 2.59. The third-order valence-electron chi connectivity index (χ3n) is 5.66. The Morgan fingerprint density at radius 1 is 1.00 bits per heavy atom. The molecule has 4 heteroatoms. The Hall–Kier alpha value is -0.835. The second-order valence-corrected chi connectivity index (χ2v) is 7.50. The van der Waals surface area contributed by atoms with Crippen LogP contribution >= 0.6 is 0 Å². The number of aliphatic hydroxyl groups excluding tert-OH is 1. The minimum atomic E-state index is -0.310. The van der Waals surface area contributed by atoms with E-state index in [0.717, 1.165) is 18.3 Å². The van der Waals surface area contributed by atoms with Crippen LogP contribution in [0.4, 0.5) is 0 Å². The summed E-state index contributed by atoms with van der Waals surface area (Å²) in [6.45, 7) is 8.50. The Labute approximate surface area is 127 Å². The second-order valence-electron chi connectivity index (χ2n) is 7.50. The van der Waals surface area contributed by atoms with Crippen LogP contribution in [-0.2, 0) is 14.7 Å². The van der Waals surface area contributed by atoms with Gasteiger partial charge in [-0.25, -0.2) is 0 Å². The van der Waals surface area contributed by atoms with E-state index in [1.165, 1.54) is 12.0 Å². The molecule has 21 heavy (non-hydrogen) atoms. The third-order valence-corrected chi connectivity index (χ3v) is 5.66. The first-order valence-corrected chi connectivity index (χ1v) is 7.87. The van der Waals surface area contributed by atoms with Gasteiger partial charge in [-0.3, -0.25) is 0 Å². The minimum absolute atomic E-state index is 0.00549. The number of rotatable bonds is 3. The molecule has 1 aromatic rings. The summed E-state index contributed by atoms with van der Waals surface area (Å²) >= 11 is 0. The average molecular weight is 288 g/mol. The molecule has 1 heterocycles. The molecular weight excluding hydrogens is 263 g/mol. The highest BCUT2D eigenvalue weighted by molar-refractivity contribution is 6.62. The fourth-order valence-electron chi connectivity index (χ4n) is 3.11. The molecule has 0 unspecified atom stereocenters. The van der Waals surface area contributed by atoms with Gasteiger partial charge in [0.1, 0.15) is 0 Å². The van der Waals surface area contributed by atoms with Crippen LogP contribution in [-0.4, -0.2) is 30.0 Å². The molecule has 0 amide bonds. The van der Waals surface area contributed by atoms with E-state index in [-0.39, 0.29) is 30.3 Å². The molecule has 1 saturated carbocycles. The largest absolute Gasteiger partial charge is 0.494 e. The van der Waals surface area contributed by atoms with Gasteiger partial charge < -0.3 is 14.4 Å². The van der Waals surface area contributed by atoms with Crippen LogP contribution in [0.1, 0.15) is 52.5 Å². The summed E-state index contributed by atoms with van der Waals surface area (Å²) in [7, 11) is -0.310. The molecule has 0 atom stereocenters. The van der Waals surface area contributed by atoms with E-state index in [4.69, 9.17) is 9.31 Å². The normalized spacial score (nSPS) is 25.7. The summed E-state index contributed by atoms with van der Waals surface area (Å²) < 4.78 is 12.1. The van der Waals surface area contributed by atoms with Crippen molar-refractivity contribution < 1.29 is 14.4 Å². The summed E-state index contributed by atoms with van der Waals surface area (Å²) in [5.74, 6) is 0. The maximum Gasteiger partial charge on any atom is 0.494 e. The lowest BCUT2D eigenvalue weighted by Gasteiger charge is -2.41. The number of hydrogen-bond acceptors (Lipinski definition) is 3. The van der Waals surface area contributed by atoms with Crippen LogP contribution in [0.25, 0.3) is 0 Å². The molecule has 1 aliphatic carbocycles. The van der Waals surface area contributed by atoms with Gasteiger partial charge in [0.25, 0.3) is 0 Å². The molecule has 114 valence electrons. The van der Waals surface area contributed by atoms with E-state index in [2.05, 4.69) is 52.0 Å². The molecule has 0 bridgehead atoms. The molecule has 1 aromatic carbocycles. The summed E-state index contributed by atoms with van der Waals surface area (Å²) in [4.78, 5) is 0. The lowest BCUT2D eigenvalue weighted by Crippen LogP contribution is -2.41. The van der Waals surface area contributed by atoms with Crippen molar-refractivity contribution in [2.45, 2.75) is 63.6 Å². The standard InChI is InChI=1S/C17H25BO3/c1-15(2)16(3,4)21-18(20-15)14-8-6-13(7-9-14)17(12-19)10-5-11-17/h6-9,19H,5,10-12H2,1-4H3. The zero-order valence-corrected chi connectivity index (χ0v) is 13.5. The predicted octanol–water partition coefficient (Wildman–Crippen LogP) is 2.40. The van der Waals surface area contributed by atoms with Crippen LogP contribution in [0.3, 0.4) is 0 Å². The third kappa shape index (κ3) is 2.34. The SMILES string of the molecule is CC1(C)OB(c2ccc(C3(CO)CCC3)cc2)OC1(C)C. The molecule has 0 spiro atoms. The molecular formula is C17H25BO3. The van der Waals surface area contributed by atoms with Crippen molar-refractivity contribution in [3.63, 3.8) is 0 Å². The van der Waals surface area contributed by atoms with Crippen LogP contribution in [0.5, 0.6) is 0 Å². The van der Waals surface area contributed by atoms with Crippen LogP contribution < -0.4 is 5.46 Å². The highest BCUT2D eigenvalue weighted by Crippen LogP contribution is 2.43. The monoisotopic (exact) mass is 288 g/mol. The molecule has 0 radical (unpaired) electrons. The molecule has 2 fully saturated rings. The Morgan fingerprint density at radius 3 is 1.90 bits per heavy atom. The first-order valence-electron chi connectivity index (χ1n) is 7.87. The maximum atomic E-state index is 9.66. The summed E-state index contributed by atoms with van der Waals surface area (Å²) in [6, 6.07) is 8.39. The number of benzene rings is 1. The quantitative estimate of drug-likeness (QED) is 0.868. The van der Waals surface area contributed by atoms with Crippen LogP contribution in [0.15, 0.2) is 24.3 Å². The van der Waals surface area contributed by atoms with Gasteiger partial charge >= 0.3 is 7.12 Å². The molecule has 0 aromatic heterocycles. The molecule has 2 aliphatic rings. The highest BCUT2D eigenvalue weighted by Gasteiger charge is 2.51. The summed E-state index contributed by atoms with van der Waals surface area (Å²) in [5.41, 5.74) is 1.66. The van der Waals surface area contributed by atoms with Gasteiger partial charge in [0, 0.05) is 5.41 Å². The van der Waals surface area contributed by atoms with Gasteiger partial charge in [0.15, 0.2) is 0 Å². The maximum absolute atomic E-state index is 9.66. The van der Waals surface area contributed by atoms with E-state index < -0.39 is 0 Å². The first-order chi connectivity index (χ1) is 9.80. The van der Waals surface area contributed by atoms with Crippen molar-refractivity contribution in [1.82, 2.24) is 0 Å². The molecule has 1 aliphatic heterocycles. The molecule has 1 N–H and O–H groups in total. The van der Waals surface area contributed by atoms with Gasteiger partial charge in [-0.15, -0.1) is 0 Å². The topological polar surface area (TPSA) is 38.7 Å². The van der Waals surface area contributed by atoms with Crippen molar-refractivity contribution in [2.24, 2.45) is 0 Å². The first kappa shape index (κ1) is 15.1. The fraction of sp³-hybridized carbons (Fsp3) is 0.647. The molecule has 3 nitrogen and oxygen atoms in total. The van der Waals surface area contributed by atoms with Crippen LogP contribution in [0.2, 0.25) is 0 Å². The zero-order valence-electron chi connectivity index (χ0n) is 13.5. The van der Waals surface area contributed by atoms with Gasteiger partial charge in [-0.05, 0) is 51.6 Å². The minimum Gasteiger partial charge on any atom is -0.399 e. The lowest BCUT2D eigenvalue weighted by atomic mass is 9.64. The van der Waals surface area contributed by atoms with Crippen molar-refractivity contribution in [3.05, 3.63) is 29.8 Å². The van der Waals surface area contributed by atoms with Gasteiger partial charge in [0.05, 0.1) is 17.8 Å². The van der Waals surface area contributed by atoms with Gasteiger partial charge in [-0.2, -0.15) is 0 Å². The highest BCUT2D eigenvalue weighted by atomic mass is 16.7. The lowest BCUT2D eigenvalue weighted by molar-refractivity contribution is 0.00578. The van der Waals surface area contributed by atoms with E-state index in [1.807, 2.05) is 0 Å². The van der Waals surface area contributed by atoms with Gasteiger partial charge in [-0.1, -0.05) is 30.7 Å². The van der Waals surface area contributed by atoms with Crippen molar-refractivity contribution in [3.8, 4) is 0 Å². The Kier molecular flexibility index (Phi) is 3.47. The fourth-order valence-corrected chi connectivity index (χ4v) is 3.11. The van der Waals surface area contributed by atoms with E-state index in [1.54, 1.807) is 0 Å². The van der Waals surface area contributed by atoms with Crippen molar-refractivity contribution in [1.29, 1.82) is 0 Å². The second kappa shape index (κ2) is 4.84. The van der Waals surface area contributed by atoms with Crippen LogP contribution in [0, 0.1) is 0 Å². The predicted molar refractivity (Wildman–Crippen MR) is 84.8 cm³/mol. The van der Waals surface area contributed by atoms with Gasteiger partial charge in [0.2, 0.25) is 0 Å². The Bertz CT molecular complexity index is 496. The summed E-state index contributed by atoms with van der Waals surface area (Å²) in [6.07, 6.45) is 3.37. The van der Waals surface area contributed by atoms with Crippen molar-refractivity contribution in [2.75, 3.05) is 6.61 Å². The zero-order chi connectivity index (χ0) is 15.3. The van der Waals surface area contributed by atoms with E-state index in [0.29, 0.717) is 0 Å². The van der Waals surface area contributed by atoms with Crippen molar-refractivity contribution >= 4 is 12.6 Å². The van der Waals surface area contributed by atoms with E-state index >= 15 is 0 Å². The molecule has 1 saturated heterocycles. The number of aliphatic hydroxyl groups is 1. The Morgan fingerprint density at radius 2 is 1.52 bits per heavy atom. The number of hydrogen-bond donors (Lipinski definition) is 1. The Balaban J connectivity index is 1.80.